The lowest BCUT2D eigenvalue weighted by Gasteiger charge is -2.51. The van der Waals surface area contributed by atoms with Crippen LogP contribution in [0.1, 0.15) is 79.1 Å². The Kier molecular flexibility index (Phi) is 5.92. The molecule has 1 saturated heterocycles. The third-order valence-corrected chi connectivity index (χ3v) is 5.78. The first-order valence-electron chi connectivity index (χ1n) is 9.08. The van der Waals surface area contributed by atoms with Gasteiger partial charge >= 0.3 is 0 Å². The zero-order valence-electron chi connectivity index (χ0n) is 14.3. The topological polar surface area (TPSA) is 15.3 Å². The van der Waals surface area contributed by atoms with Crippen LogP contribution in [0.3, 0.4) is 0 Å². The number of piperazine rings is 1. The molecule has 118 valence electrons. The molecule has 0 bridgehead atoms. The fraction of sp³-hybridized carbons (Fsp3) is 1.00. The van der Waals surface area contributed by atoms with Crippen LogP contribution in [0.2, 0.25) is 0 Å². The Morgan fingerprint density at radius 3 is 2.40 bits per heavy atom. The molecule has 0 aromatic rings. The summed E-state index contributed by atoms with van der Waals surface area (Å²) in [6, 6.07) is 1.48. The number of rotatable bonds is 5. The Labute approximate surface area is 126 Å². The first kappa shape index (κ1) is 16.3. The summed E-state index contributed by atoms with van der Waals surface area (Å²) in [5.41, 5.74) is 0.366. The molecule has 1 aliphatic heterocycles. The second-order valence-electron chi connectivity index (χ2n) is 7.69. The SMILES string of the molecule is CCCC(C)(C)N1CC(C2CCCCC2)NCC1CC. The van der Waals surface area contributed by atoms with E-state index in [4.69, 9.17) is 0 Å². The predicted octanol–water partition coefficient (Wildman–Crippen LogP) is 4.20. The number of hydrogen-bond donors (Lipinski definition) is 1. The van der Waals surface area contributed by atoms with Gasteiger partial charge in [-0.15, -0.1) is 0 Å². The minimum absolute atomic E-state index is 0.366. The van der Waals surface area contributed by atoms with Gasteiger partial charge in [-0.05, 0) is 45.4 Å². The lowest BCUT2D eigenvalue weighted by Crippen LogP contribution is -2.64. The van der Waals surface area contributed by atoms with Crippen LogP contribution in [-0.2, 0) is 0 Å². The number of hydrogen-bond acceptors (Lipinski definition) is 2. The average molecular weight is 280 g/mol. The summed E-state index contributed by atoms with van der Waals surface area (Å²) in [6.07, 6.45) is 11.2. The highest BCUT2D eigenvalue weighted by Crippen LogP contribution is 2.32. The minimum atomic E-state index is 0.366. The van der Waals surface area contributed by atoms with Crippen molar-refractivity contribution in [3.05, 3.63) is 0 Å². The van der Waals surface area contributed by atoms with Gasteiger partial charge in [0.05, 0.1) is 0 Å². The summed E-state index contributed by atoms with van der Waals surface area (Å²) in [6.45, 7) is 12.1. The van der Waals surface area contributed by atoms with Gasteiger partial charge in [0, 0.05) is 30.7 Å². The van der Waals surface area contributed by atoms with Crippen molar-refractivity contribution in [2.75, 3.05) is 13.1 Å². The Bertz CT molecular complexity index is 281. The van der Waals surface area contributed by atoms with E-state index in [1.54, 1.807) is 0 Å². The maximum atomic E-state index is 3.89. The molecule has 2 fully saturated rings. The van der Waals surface area contributed by atoms with Crippen molar-refractivity contribution in [2.45, 2.75) is 96.7 Å². The van der Waals surface area contributed by atoms with Gasteiger partial charge in [-0.1, -0.05) is 39.5 Å². The monoisotopic (exact) mass is 280 g/mol. The second-order valence-corrected chi connectivity index (χ2v) is 7.69. The molecule has 1 saturated carbocycles. The predicted molar refractivity (Wildman–Crippen MR) is 88.1 cm³/mol. The van der Waals surface area contributed by atoms with Crippen molar-refractivity contribution >= 4 is 0 Å². The summed E-state index contributed by atoms with van der Waals surface area (Å²) >= 11 is 0. The molecule has 1 heterocycles. The van der Waals surface area contributed by atoms with Crippen LogP contribution < -0.4 is 5.32 Å². The van der Waals surface area contributed by atoms with Gasteiger partial charge in [0.25, 0.3) is 0 Å². The average Bonchev–Trinajstić information content (AvgIpc) is 2.47. The Balaban J connectivity index is 2.02. The van der Waals surface area contributed by atoms with Gasteiger partial charge in [0.1, 0.15) is 0 Å². The summed E-state index contributed by atoms with van der Waals surface area (Å²) < 4.78 is 0. The van der Waals surface area contributed by atoms with Gasteiger partial charge in [-0.25, -0.2) is 0 Å². The lowest BCUT2D eigenvalue weighted by atomic mass is 9.81. The molecule has 0 radical (unpaired) electrons. The van der Waals surface area contributed by atoms with Crippen LogP contribution in [0.5, 0.6) is 0 Å². The van der Waals surface area contributed by atoms with E-state index >= 15 is 0 Å². The lowest BCUT2D eigenvalue weighted by molar-refractivity contribution is 0.00844. The van der Waals surface area contributed by atoms with Crippen LogP contribution in [0.25, 0.3) is 0 Å². The number of nitrogens with one attached hydrogen (secondary N) is 1. The van der Waals surface area contributed by atoms with Gasteiger partial charge in [-0.3, -0.25) is 4.90 Å². The molecule has 2 rings (SSSR count). The molecule has 0 spiro atoms. The van der Waals surface area contributed by atoms with Crippen molar-refractivity contribution in [1.29, 1.82) is 0 Å². The molecule has 2 aliphatic rings. The normalized spacial score (nSPS) is 30.6. The van der Waals surface area contributed by atoms with Crippen molar-refractivity contribution in [3.8, 4) is 0 Å². The first-order valence-corrected chi connectivity index (χ1v) is 9.08. The second kappa shape index (κ2) is 7.26. The first-order chi connectivity index (χ1) is 9.58. The summed E-state index contributed by atoms with van der Waals surface area (Å²) in [4.78, 5) is 2.84. The molecule has 1 aliphatic carbocycles. The van der Waals surface area contributed by atoms with Gasteiger partial charge in [-0.2, -0.15) is 0 Å². The third-order valence-electron chi connectivity index (χ3n) is 5.78. The zero-order chi connectivity index (χ0) is 14.6. The van der Waals surface area contributed by atoms with Crippen molar-refractivity contribution in [1.82, 2.24) is 10.2 Å². The van der Waals surface area contributed by atoms with Crippen LogP contribution in [-0.4, -0.2) is 35.6 Å². The summed E-state index contributed by atoms with van der Waals surface area (Å²) in [5.74, 6) is 0.932. The van der Waals surface area contributed by atoms with Crippen molar-refractivity contribution in [3.63, 3.8) is 0 Å². The third kappa shape index (κ3) is 3.76. The van der Waals surface area contributed by atoms with Crippen LogP contribution >= 0.6 is 0 Å². The molecule has 0 aromatic carbocycles. The minimum Gasteiger partial charge on any atom is -0.311 e. The summed E-state index contributed by atoms with van der Waals surface area (Å²) in [5, 5.41) is 3.89. The highest BCUT2D eigenvalue weighted by atomic mass is 15.3. The van der Waals surface area contributed by atoms with E-state index in [1.807, 2.05) is 0 Å². The Morgan fingerprint density at radius 2 is 1.80 bits per heavy atom. The largest absolute Gasteiger partial charge is 0.311 e. The molecule has 2 unspecified atom stereocenters. The van der Waals surface area contributed by atoms with Crippen molar-refractivity contribution in [2.24, 2.45) is 5.92 Å². The van der Waals surface area contributed by atoms with E-state index in [1.165, 1.54) is 64.5 Å². The summed E-state index contributed by atoms with van der Waals surface area (Å²) in [7, 11) is 0. The molecule has 1 N–H and O–H groups in total. The zero-order valence-corrected chi connectivity index (χ0v) is 14.3. The molecule has 0 amide bonds. The van der Waals surface area contributed by atoms with E-state index in [2.05, 4.69) is 37.9 Å². The molecular formula is C18H36N2. The smallest absolute Gasteiger partial charge is 0.0224 e. The Hall–Kier alpha value is -0.0800. The fourth-order valence-corrected chi connectivity index (χ4v) is 4.54. The van der Waals surface area contributed by atoms with Crippen LogP contribution in [0.15, 0.2) is 0 Å². The van der Waals surface area contributed by atoms with Gasteiger partial charge < -0.3 is 5.32 Å². The van der Waals surface area contributed by atoms with E-state index in [-0.39, 0.29) is 0 Å². The maximum Gasteiger partial charge on any atom is 0.0224 e. The van der Waals surface area contributed by atoms with E-state index in [0.717, 1.165) is 18.0 Å². The van der Waals surface area contributed by atoms with E-state index < -0.39 is 0 Å². The maximum absolute atomic E-state index is 3.89. The van der Waals surface area contributed by atoms with Crippen LogP contribution in [0, 0.1) is 5.92 Å². The standard InChI is InChI=1S/C18H36N2/c1-5-12-18(3,4)20-14-17(19-13-16(20)6-2)15-10-8-7-9-11-15/h15-17,19H,5-14H2,1-4H3. The highest BCUT2D eigenvalue weighted by molar-refractivity contribution is 4.96. The Morgan fingerprint density at radius 1 is 1.10 bits per heavy atom. The molecular weight excluding hydrogens is 244 g/mol. The molecule has 2 heteroatoms. The molecule has 2 nitrogen and oxygen atoms in total. The molecule has 2 atom stereocenters. The molecule has 0 aromatic heterocycles. The van der Waals surface area contributed by atoms with E-state index in [9.17, 15) is 0 Å². The van der Waals surface area contributed by atoms with Gasteiger partial charge in [0.15, 0.2) is 0 Å². The number of nitrogens with zero attached hydrogens (tertiary/aromatic N) is 1. The van der Waals surface area contributed by atoms with Gasteiger partial charge in [0.2, 0.25) is 0 Å². The van der Waals surface area contributed by atoms with E-state index in [0.29, 0.717) is 5.54 Å². The van der Waals surface area contributed by atoms with Crippen LogP contribution in [0.4, 0.5) is 0 Å². The quantitative estimate of drug-likeness (QED) is 0.812. The molecule has 20 heavy (non-hydrogen) atoms. The fourth-order valence-electron chi connectivity index (χ4n) is 4.54. The highest BCUT2D eigenvalue weighted by Gasteiger charge is 2.38. The van der Waals surface area contributed by atoms with Crippen molar-refractivity contribution < 1.29 is 0 Å².